The summed E-state index contributed by atoms with van der Waals surface area (Å²) >= 11 is 9.56. The molecule has 2 nitrogen and oxygen atoms in total. The molecule has 0 aromatic heterocycles. The summed E-state index contributed by atoms with van der Waals surface area (Å²) < 4.78 is 6.75. The highest BCUT2D eigenvalue weighted by Gasteiger charge is 2.03. The van der Waals surface area contributed by atoms with Crippen LogP contribution in [0.4, 0.5) is 0 Å². The molecule has 1 N–H and O–H groups in total. The molecule has 0 fully saturated rings. The standard InChI is InChI=1S/C14H13BrClNO/c1-17-9-10-2-5-13(8-14(10)16)18-12-6-3-11(15)4-7-12/h2-8,17H,9H2,1H3. The Labute approximate surface area is 120 Å². The Morgan fingerprint density at radius 1 is 1.11 bits per heavy atom. The second kappa shape index (κ2) is 6.23. The summed E-state index contributed by atoms with van der Waals surface area (Å²) in [4.78, 5) is 0. The van der Waals surface area contributed by atoms with Gasteiger partial charge in [0.05, 0.1) is 0 Å². The molecule has 0 saturated carbocycles. The Kier molecular flexibility index (Phi) is 4.64. The van der Waals surface area contributed by atoms with Crippen molar-refractivity contribution in [3.63, 3.8) is 0 Å². The Morgan fingerprint density at radius 3 is 2.39 bits per heavy atom. The van der Waals surface area contributed by atoms with E-state index in [1.165, 1.54) is 0 Å². The van der Waals surface area contributed by atoms with E-state index in [-0.39, 0.29) is 0 Å². The van der Waals surface area contributed by atoms with Crippen molar-refractivity contribution in [3.8, 4) is 11.5 Å². The lowest BCUT2D eigenvalue weighted by molar-refractivity contribution is 0.482. The van der Waals surface area contributed by atoms with Gasteiger partial charge < -0.3 is 10.1 Å². The average molecular weight is 327 g/mol. The van der Waals surface area contributed by atoms with Crippen LogP contribution in [0.5, 0.6) is 11.5 Å². The van der Waals surface area contributed by atoms with Crippen LogP contribution in [-0.4, -0.2) is 7.05 Å². The molecule has 0 saturated heterocycles. The minimum absolute atomic E-state index is 0.707. The largest absolute Gasteiger partial charge is 0.457 e. The van der Waals surface area contributed by atoms with Crippen molar-refractivity contribution in [2.45, 2.75) is 6.54 Å². The van der Waals surface area contributed by atoms with Crippen LogP contribution in [0.2, 0.25) is 5.02 Å². The smallest absolute Gasteiger partial charge is 0.128 e. The third-order valence-electron chi connectivity index (χ3n) is 2.44. The number of ether oxygens (including phenoxy) is 1. The Bertz CT molecular complexity index is 528. The van der Waals surface area contributed by atoms with Crippen LogP contribution in [-0.2, 0) is 6.54 Å². The number of rotatable bonds is 4. The third-order valence-corrected chi connectivity index (χ3v) is 3.32. The highest BCUT2D eigenvalue weighted by Crippen LogP contribution is 2.27. The molecular weight excluding hydrogens is 314 g/mol. The number of hydrogen-bond donors (Lipinski definition) is 1. The van der Waals surface area contributed by atoms with Crippen LogP contribution in [0.25, 0.3) is 0 Å². The van der Waals surface area contributed by atoms with Crippen LogP contribution in [0.1, 0.15) is 5.56 Å². The van der Waals surface area contributed by atoms with Gasteiger partial charge in [-0.15, -0.1) is 0 Å². The van der Waals surface area contributed by atoms with Gasteiger partial charge in [0.1, 0.15) is 11.5 Å². The van der Waals surface area contributed by atoms with Crippen LogP contribution < -0.4 is 10.1 Å². The molecule has 0 amide bonds. The molecule has 0 aliphatic carbocycles. The molecule has 2 aromatic rings. The first-order valence-corrected chi connectivity index (χ1v) is 6.72. The van der Waals surface area contributed by atoms with Crippen molar-refractivity contribution in [2.24, 2.45) is 0 Å². The molecule has 94 valence electrons. The van der Waals surface area contributed by atoms with E-state index < -0.39 is 0 Å². The lowest BCUT2D eigenvalue weighted by atomic mass is 10.2. The van der Waals surface area contributed by atoms with Crippen LogP contribution in [0.15, 0.2) is 46.9 Å². The van der Waals surface area contributed by atoms with Gasteiger partial charge in [-0.25, -0.2) is 0 Å². The van der Waals surface area contributed by atoms with Crippen molar-refractivity contribution in [1.29, 1.82) is 0 Å². The molecule has 18 heavy (non-hydrogen) atoms. The maximum absolute atomic E-state index is 6.17. The van der Waals surface area contributed by atoms with Gasteiger partial charge in [-0.2, -0.15) is 0 Å². The van der Waals surface area contributed by atoms with Gasteiger partial charge in [-0.1, -0.05) is 33.6 Å². The first kappa shape index (κ1) is 13.4. The average Bonchev–Trinajstić information content (AvgIpc) is 2.36. The van der Waals surface area contributed by atoms with Crippen molar-refractivity contribution < 1.29 is 4.74 Å². The third kappa shape index (κ3) is 3.48. The van der Waals surface area contributed by atoms with Crippen LogP contribution >= 0.6 is 27.5 Å². The summed E-state index contributed by atoms with van der Waals surface area (Å²) in [7, 11) is 1.89. The van der Waals surface area contributed by atoms with Gasteiger partial charge in [0.2, 0.25) is 0 Å². The lowest BCUT2D eigenvalue weighted by Crippen LogP contribution is -2.05. The summed E-state index contributed by atoms with van der Waals surface area (Å²) in [5, 5.41) is 3.78. The molecule has 0 aliphatic heterocycles. The second-order valence-corrected chi connectivity index (χ2v) is 5.16. The predicted octanol–water partition coefficient (Wildman–Crippen LogP) is 4.61. The van der Waals surface area contributed by atoms with E-state index >= 15 is 0 Å². The Balaban J connectivity index is 2.14. The molecule has 0 heterocycles. The zero-order valence-corrected chi connectivity index (χ0v) is 12.3. The molecule has 4 heteroatoms. The second-order valence-electron chi connectivity index (χ2n) is 3.84. The van der Waals surface area contributed by atoms with Gasteiger partial charge >= 0.3 is 0 Å². The summed E-state index contributed by atoms with van der Waals surface area (Å²) in [6.07, 6.45) is 0. The highest BCUT2D eigenvalue weighted by atomic mass is 79.9. The lowest BCUT2D eigenvalue weighted by Gasteiger charge is -2.08. The maximum Gasteiger partial charge on any atom is 0.128 e. The topological polar surface area (TPSA) is 21.3 Å². The first-order chi connectivity index (χ1) is 8.69. The summed E-state index contributed by atoms with van der Waals surface area (Å²) in [6, 6.07) is 13.4. The van der Waals surface area contributed by atoms with E-state index in [2.05, 4.69) is 21.2 Å². The van der Waals surface area contributed by atoms with Crippen LogP contribution in [0.3, 0.4) is 0 Å². The minimum atomic E-state index is 0.707. The Hall–Kier alpha value is -1.03. The number of benzene rings is 2. The molecule has 0 radical (unpaired) electrons. The number of nitrogens with one attached hydrogen (secondary N) is 1. The van der Waals surface area contributed by atoms with E-state index in [0.29, 0.717) is 5.02 Å². The quantitative estimate of drug-likeness (QED) is 0.885. The zero-order valence-electron chi connectivity index (χ0n) is 9.91. The van der Waals surface area contributed by atoms with Gasteiger partial charge in [-0.05, 0) is 49.0 Å². The van der Waals surface area contributed by atoms with E-state index in [9.17, 15) is 0 Å². The first-order valence-electron chi connectivity index (χ1n) is 5.55. The molecule has 0 aliphatic rings. The number of halogens is 2. The maximum atomic E-state index is 6.17. The van der Waals surface area contributed by atoms with Crippen molar-refractivity contribution in [1.82, 2.24) is 5.32 Å². The molecule has 0 unspecified atom stereocenters. The zero-order chi connectivity index (χ0) is 13.0. The van der Waals surface area contributed by atoms with Crippen LogP contribution in [0, 0.1) is 0 Å². The molecule has 0 atom stereocenters. The van der Waals surface area contributed by atoms with Gasteiger partial charge in [0, 0.05) is 16.0 Å². The summed E-state index contributed by atoms with van der Waals surface area (Å²) in [6.45, 7) is 0.747. The van der Waals surface area contributed by atoms with Crippen molar-refractivity contribution in [3.05, 3.63) is 57.5 Å². The molecule has 0 bridgehead atoms. The summed E-state index contributed by atoms with van der Waals surface area (Å²) in [5.41, 5.74) is 1.06. The fraction of sp³-hybridized carbons (Fsp3) is 0.143. The summed E-state index contributed by atoms with van der Waals surface area (Å²) in [5.74, 6) is 1.53. The van der Waals surface area contributed by atoms with Gasteiger partial charge in [0.15, 0.2) is 0 Å². The molecule has 2 rings (SSSR count). The van der Waals surface area contributed by atoms with Crippen molar-refractivity contribution >= 4 is 27.5 Å². The van der Waals surface area contributed by atoms with E-state index in [4.69, 9.17) is 16.3 Å². The molecule has 0 spiro atoms. The highest BCUT2D eigenvalue weighted by molar-refractivity contribution is 9.10. The minimum Gasteiger partial charge on any atom is -0.457 e. The fourth-order valence-electron chi connectivity index (χ4n) is 1.56. The number of hydrogen-bond acceptors (Lipinski definition) is 2. The SMILES string of the molecule is CNCc1ccc(Oc2ccc(Br)cc2)cc1Cl. The monoisotopic (exact) mass is 325 g/mol. The fourth-order valence-corrected chi connectivity index (χ4v) is 2.07. The van der Waals surface area contributed by atoms with E-state index in [1.54, 1.807) is 0 Å². The molecule has 2 aromatic carbocycles. The van der Waals surface area contributed by atoms with E-state index in [0.717, 1.165) is 28.1 Å². The van der Waals surface area contributed by atoms with Crippen molar-refractivity contribution in [2.75, 3.05) is 7.05 Å². The van der Waals surface area contributed by atoms with Gasteiger partial charge in [-0.3, -0.25) is 0 Å². The normalized spacial score (nSPS) is 10.4. The molecular formula is C14H13BrClNO. The Morgan fingerprint density at radius 2 is 1.78 bits per heavy atom. The predicted molar refractivity (Wildman–Crippen MR) is 78.4 cm³/mol. The van der Waals surface area contributed by atoms with E-state index in [1.807, 2.05) is 49.5 Å². The van der Waals surface area contributed by atoms with Gasteiger partial charge in [0.25, 0.3) is 0 Å².